The minimum atomic E-state index is 0.120. The van der Waals surface area contributed by atoms with E-state index in [1.165, 1.54) is 16.7 Å². The Bertz CT molecular complexity index is 272. The molecule has 4 nitrogen and oxygen atoms in total. The van der Waals surface area contributed by atoms with Gasteiger partial charge in [0.1, 0.15) is 0 Å². The largest absolute Gasteiger partial charge is 0.494 e. The lowest BCUT2D eigenvalue weighted by Crippen LogP contribution is -1.98. The van der Waals surface area contributed by atoms with Gasteiger partial charge in [0.15, 0.2) is 11.8 Å². The molecular weight excluding hydrogens is 170 g/mol. The molecule has 1 aliphatic heterocycles. The molecule has 72 valence electrons. The molecule has 0 radical (unpaired) electrons. The van der Waals surface area contributed by atoms with Gasteiger partial charge in [0.25, 0.3) is 0 Å². The lowest BCUT2D eigenvalue weighted by molar-refractivity contribution is 0.349. The van der Waals surface area contributed by atoms with Gasteiger partial charge in [-0.25, -0.2) is 0 Å². The van der Waals surface area contributed by atoms with E-state index in [0.717, 1.165) is 19.4 Å². The van der Waals surface area contributed by atoms with E-state index in [9.17, 15) is 10.2 Å². The number of nitrogens with zero attached hydrogens (tertiary/aromatic N) is 1. The quantitative estimate of drug-likeness (QED) is 0.687. The van der Waals surface area contributed by atoms with Gasteiger partial charge in [-0.1, -0.05) is 0 Å². The molecule has 2 rings (SSSR count). The standard InChI is InChI=1S/C9H13NO3/c11-8-3-4-9(12)10(8)5-1-2-7-6-13-7/h3-4,7,11-12H,1-2,5-6H2. The van der Waals surface area contributed by atoms with Gasteiger partial charge in [0.05, 0.1) is 12.7 Å². The van der Waals surface area contributed by atoms with E-state index in [2.05, 4.69) is 0 Å². The van der Waals surface area contributed by atoms with Crippen LogP contribution in [-0.4, -0.2) is 27.5 Å². The zero-order valence-corrected chi connectivity index (χ0v) is 7.31. The normalized spacial score (nSPS) is 20.5. The third-order valence-corrected chi connectivity index (χ3v) is 2.24. The van der Waals surface area contributed by atoms with Crippen LogP contribution in [0.3, 0.4) is 0 Å². The molecule has 0 bridgehead atoms. The molecule has 2 heterocycles. The Kier molecular flexibility index (Phi) is 2.14. The van der Waals surface area contributed by atoms with Crippen molar-refractivity contribution in [1.29, 1.82) is 0 Å². The van der Waals surface area contributed by atoms with Gasteiger partial charge in [0.2, 0.25) is 0 Å². The number of aromatic nitrogens is 1. The van der Waals surface area contributed by atoms with Crippen LogP contribution in [0.2, 0.25) is 0 Å². The topological polar surface area (TPSA) is 57.9 Å². The van der Waals surface area contributed by atoms with Crippen molar-refractivity contribution in [2.24, 2.45) is 0 Å². The van der Waals surface area contributed by atoms with Gasteiger partial charge in [-0.3, -0.25) is 4.57 Å². The molecule has 4 heteroatoms. The maximum atomic E-state index is 9.28. The minimum Gasteiger partial charge on any atom is -0.494 e. The predicted octanol–water partition coefficient (Wildman–Crippen LogP) is 1.08. The van der Waals surface area contributed by atoms with Crippen LogP contribution in [0.15, 0.2) is 12.1 Å². The van der Waals surface area contributed by atoms with Gasteiger partial charge in [-0.05, 0) is 12.8 Å². The van der Waals surface area contributed by atoms with E-state index in [1.54, 1.807) is 0 Å². The van der Waals surface area contributed by atoms with Crippen LogP contribution in [0.5, 0.6) is 11.8 Å². The molecule has 1 aliphatic rings. The predicted molar refractivity (Wildman–Crippen MR) is 46.7 cm³/mol. The summed E-state index contributed by atoms with van der Waals surface area (Å²) in [6.07, 6.45) is 2.33. The van der Waals surface area contributed by atoms with Crippen molar-refractivity contribution in [3.63, 3.8) is 0 Å². The number of hydrogen-bond donors (Lipinski definition) is 2. The van der Waals surface area contributed by atoms with Gasteiger partial charge in [-0.2, -0.15) is 0 Å². The molecule has 2 N–H and O–H groups in total. The van der Waals surface area contributed by atoms with Crippen molar-refractivity contribution in [3.05, 3.63) is 12.1 Å². The zero-order valence-electron chi connectivity index (χ0n) is 7.31. The molecule has 1 atom stereocenters. The summed E-state index contributed by atoms with van der Waals surface area (Å²) in [4.78, 5) is 0. The van der Waals surface area contributed by atoms with Crippen LogP contribution >= 0.6 is 0 Å². The maximum Gasteiger partial charge on any atom is 0.193 e. The van der Waals surface area contributed by atoms with Crippen molar-refractivity contribution in [1.82, 2.24) is 4.57 Å². The lowest BCUT2D eigenvalue weighted by Gasteiger charge is -2.04. The molecule has 1 aromatic rings. The molecule has 1 aromatic heterocycles. The molecule has 0 spiro atoms. The molecular formula is C9H13NO3. The first kappa shape index (κ1) is 8.44. The van der Waals surface area contributed by atoms with Gasteiger partial charge in [-0.15, -0.1) is 0 Å². The summed E-state index contributed by atoms with van der Waals surface area (Å²) in [5.41, 5.74) is 0. The second-order valence-electron chi connectivity index (χ2n) is 3.30. The number of epoxide rings is 1. The third-order valence-electron chi connectivity index (χ3n) is 2.24. The third kappa shape index (κ3) is 1.95. The van der Waals surface area contributed by atoms with Gasteiger partial charge in [0, 0.05) is 18.7 Å². The van der Waals surface area contributed by atoms with E-state index in [4.69, 9.17) is 4.74 Å². The first-order chi connectivity index (χ1) is 6.27. The molecule has 13 heavy (non-hydrogen) atoms. The number of ether oxygens (including phenoxy) is 1. The van der Waals surface area contributed by atoms with Crippen LogP contribution < -0.4 is 0 Å². The number of aromatic hydroxyl groups is 2. The van der Waals surface area contributed by atoms with E-state index in [1.807, 2.05) is 0 Å². The SMILES string of the molecule is Oc1ccc(O)n1CCCC1CO1. The molecule has 0 aromatic carbocycles. The van der Waals surface area contributed by atoms with Crippen LogP contribution in [0.25, 0.3) is 0 Å². The van der Waals surface area contributed by atoms with Crippen LogP contribution in [0.4, 0.5) is 0 Å². The Hall–Kier alpha value is -1.16. The minimum absolute atomic E-state index is 0.120. The molecule has 1 unspecified atom stereocenters. The molecule has 0 aliphatic carbocycles. The van der Waals surface area contributed by atoms with Crippen LogP contribution in [0.1, 0.15) is 12.8 Å². The second kappa shape index (κ2) is 3.30. The first-order valence-corrected chi connectivity index (χ1v) is 4.46. The number of hydrogen-bond acceptors (Lipinski definition) is 3. The summed E-state index contributed by atoms with van der Waals surface area (Å²) < 4.78 is 6.54. The average Bonchev–Trinajstić information content (AvgIpc) is 2.86. The Labute approximate surface area is 76.4 Å². The Morgan fingerprint density at radius 2 is 2.00 bits per heavy atom. The fourth-order valence-electron chi connectivity index (χ4n) is 1.39. The maximum absolute atomic E-state index is 9.28. The lowest BCUT2D eigenvalue weighted by atomic mass is 10.2. The van der Waals surface area contributed by atoms with E-state index in [-0.39, 0.29) is 11.8 Å². The summed E-state index contributed by atoms with van der Waals surface area (Å²) in [6.45, 7) is 1.51. The molecule has 0 saturated carbocycles. The average molecular weight is 183 g/mol. The van der Waals surface area contributed by atoms with E-state index < -0.39 is 0 Å². The van der Waals surface area contributed by atoms with Gasteiger partial charge < -0.3 is 14.9 Å². The zero-order chi connectivity index (χ0) is 9.26. The highest BCUT2D eigenvalue weighted by molar-refractivity contribution is 5.23. The summed E-state index contributed by atoms with van der Waals surface area (Å²) in [5, 5.41) is 18.6. The number of rotatable bonds is 4. The summed E-state index contributed by atoms with van der Waals surface area (Å²) in [5.74, 6) is 0.239. The molecule has 1 fully saturated rings. The fraction of sp³-hybridized carbons (Fsp3) is 0.556. The van der Waals surface area contributed by atoms with Crippen molar-refractivity contribution in [2.75, 3.05) is 6.61 Å². The Balaban J connectivity index is 1.84. The highest BCUT2D eigenvalue weighted by atomic mass is 16.6. The summed E-state index contributed by atoms with van der Waals surface area (Å²) in [6, 6.07) is 2.98. The monoisotopic (exact) mass is 183 g/mol. The Morgan fingerprint density at radius 1 is 1.38 bits per heavy atom. The van der Waals surface area contributed by atoms with E-state index >= 15 is 0 Å². The highest BCUT2D eigenvalue weighted by Crippen LogP contribution is 2.23. The smallest absolute Gasteiger partial charge is 0.193 e. The summed E-state index contributed by atoms with van der Waals surface area (Å²) in [7, 11) is 0. The highest BCUT2D eigenvalue weighted by Gasteiger charge is 2.21. The Morgan fingerprint density at radius 3 is 2.54 bits per heavy atom. The van der Waals surface area contributed by atoms with Gasteiger partial charge >= 0.3 is 0 Å². The second-order valence-corrected chi connectivity index (χ2v) is 3.30. The molecule has 0 amide bonds. The molecule has 1 saturated heterocycles. The van der Waals surface area contributed by atoms with E-state index in [0.29, 0.717) is 12.6 Å². The van der Waals surface area contributed by atoms with Crippen molar-refractivity contribution in [3.8, 4) is 11.8 Å². The fourth-order valence-corrected chi connectivity index (χ4v) is 1.39. The van der Waals surface area contributed by atoms with Crippen LogP contribution in [0, 0.1) is 0 Å². The van der Waals surface area contributed by atoms with Crippen LogP contribution in [-0.2, 0) is 11.3 Å². The van der Waals surface area contributed by atoms with Crippen molar-refractivity contribution < 1.29 is 14.9 Å². The van der Waals surface area contributed by atoms with Crippen molar-refractivity contribution in [2.45, 2.75) is 25.5 Å². The summed E-state index contributed by atoms with van der Waals surface area (Å²) >= 11 is 0. The first-order valence-electron chi connectivity index (χ1n) is 4.46. The van der Waals surface area contributed by atoms with Crippen molar-refractivity contribution >= 4 is 0 Å².